The number of terminal acetylenes is 1. The second-order valence-electron chi connectivity index (χ2n) is 3.80. The van der Waals surface area contributed by atoms with Gasteiger partial charge in [-0.15, -0.1) is 6.42 Å². The first-order valence-corrected chi connectivity index (χ1v) is 5.23. The Labute approximate surface area is 87.0 Å². The molecule has 0 bridgehead atoms. The molecule has 2 nitrogen and oxygen atoms in total. The number of ether oxygens (including phenoxy) is 1. The highest BCUT2D eigenvalue weighted by molar-refractivity contribution is 5.72. The number of unbranched alkanes of at least 4 members (excludes halogenated alkanes) is 1. The van der Waals surface area contributed by atoms with E-state index >= 15 is 0 Å². The molecule has 0 spiro atoms. The van der Waals surface area contributed by atoms with Gasteiger partial charge in [0.15, 0.2) is 6.61 Å². The summed E-state index contributed by atoms with van der Waals surface area (Å²) < 4.78 is 4.94. The standard InChI is InChI=1S/C12H20O2/c1-5-7-8-11(10(3)4)12(13)14-9-6-2/h2,10-11H,5,7-9H2,1,3-4H3. The zero-order valence-electron chi connectivity index (χ0n) is 9.38. The Morgan fingerprint density at radius 1 is 1.50 bits per heavy atom. The van der Waals surface area contributed by atoms with E-state index in [0.717, 1.165) is 19.3 Å². The van der Waals surface area contributed by atoms with Gasteiger partial charge < -0.3 is 4.74 Å². The van der Waals surface area contributed by atoms with Gasteiger partial charge in [-0.05, 0) is 12.3 Å². The summed E-state index contributed by atoms with van der Waals surface area (Å²) in [7, 11) is 0. The van der Waals surface area contributed by atoms with Crippen molar-refractivity contribution < 1.29 is 9.53 Å². The SMILES string of the molecule is C#CCOC(=O)C(CCCC)C(C)C. The molecule has 0 aliphatic carbocycles. The molecule has 0 rings (SSSR count). The lowest BCUT2D eigenvalue weighted by Crippen LogP contribution is -2.23. The predicted octanol–water partition coefficient (Wildman–Crippen LogP) is 2.63. The summed E-state index contributed by atoms with van der Waals surface area (Å²) in [6.45, 7) is 6.28. The van der Waals surface area contributed by atoms with Crippen molar-refractivity contribution in [1.82, 2.24) is 0 Å². The molecule has 0 saturated heterocycles. The topological polar surface area (TPSA) is 26.3 Å². The Morgan fingerprint density at radius 2 is 2.14 bits per heavy atom. The van der Waals surface area contributed by atoms with Crippen molar-refractivity contribution in [3.05, 3.63) is 0 Å². The Balaban J connectivity index is 4.06. The molecule has 0 N–H and O–H groups in total. The van der Waals surface area contributed by atoms with Crippen LogP contribution in [0.15, 0.2) is 0 Å². The summed E-state index contributed by atoms with van der Waals surface area (Å²) >= 11 is 0. The van der Waals surface area contributed by atoms with E-state index in [1.807, 2.05) is 13.8 Å². The molecule has 1 unspecified atom stereocenters. The van der Waals surface area contributed by atoms with Crippen molar-refractivity contribution in [3.63, 3.8) is 0 Å². The average Bonchev–Trinajstić information content (AvgIpc) is 2.14. The number of rotatable bonds is 6. The van der Waals surface area contributed by atoms with Gasteiger partial charge in [-0.2, -0.15) is 0 Å². The quantitative estimate of drug-likeness (QED) is 0.482. The molecule has 0 aromatic rings. The third-order valence-electron chi connectivity index (χ3n) is 2.27. The number of carbonyl (C=O) groups excluding carboxylic acids is 1. The van der Waals surface area contributed by atoms with Crippen molar-refractivity contribution in [2.75, 3.05) is 6.61 Å². The summed E-state index contributed by atoms with van der Waals surface area (Å²) in [4.78, 5) is 11.5. The van der Waals surface area contributed by atoms with E-state index in [4.69, 9.17) is 11.2 Å². The smallest absolute Gasteiger partial charge is 0.310 e. The molecule has 0 amide bonds. The van der Waals surface area contributed by atoms with Crippen LogP contribution in [0.5, 0.6) is 0 Å². The summed E-state index contributed by atoms with van der Waals surface area (Å²) in [5, 5.41) is 0. The maximum absolute atomic E-state index is 11.5. The van der Waals surface area contributed by atoms with E-state index in [2.05, 4.69) is 12.8 Å². The summed E-state index contributed by atoms with van der Waals surface area (Å²) in [6.07, 6.45) is 8.09. The van der Waals surface area contributed by atoms with Gasteiger partial charge in [0.05, 0.1) is 5.92 Å². The van der Waals surface area contributed by atoms with Gasteiger partial charge in [-0.1, -0.05) is 39.5 Å². The second kappa shape index (κ2) is 7.44. The van der Waals surface area contributed by atoms with Crippen LogP contribution in [0.2, 0.25) is 0 Å². The van der Waals surface area contributed by atoms with Crippen molar-refractivity contribution in [2.45, 2.75) is 40.0 Å². The van der Waals surface area contributed by atoms with E-state index in [-0.39, 0.29) is 18.5 Å². The van der Waals surface area contributed by atoms with Crippen molar-refractivity contribution in [1.29, 1.82) is 0 Å². The van der Waals surface area contributed by atoms with Crippen LogP contribution in [0.4, 0.5) is 0 Å². The molecule has 2 heteroatoms. The van der Waals surface area contributed by atoms with Crippen LogP contribution in [0.1, 0.15) is 40.0 Å². The Morgan fingerprint density at radius 3 is 2.57 bits per heavy atom. The summed E-state index contributed by atoms with van der Waals surface area (Å²) in [5.41, 5.74) is 0. The van der Waals surface area contributed by atoms with Gasteiger partial charge in [-0.3, -0.25) is 4.79 Å². The molecular weight excluding hydrogens is 176 g/mol. The minimum atomic E-state index is -0.147. The average molecular weight is 196 g/mol. The monoisotopic (exact) mass is 196 g/mol. The molecule has 0 aromatic heterocycles. The van der Waals surface area contributed by atoms with Gasteiger partial charge in [0.25, 0.3) is 0 Å². The van der Waals surface area contributed by atoms with Gasteiger partial charge in [0.2, 0.25) is 0 Å². The molecule has 0 heterocycles. The first kappa shape index (κ1) is 13.0. The first-order valence-electron chi connectivity index (χ1n) is 5.23. The highest BCUT2D eigenvalue weighted by atomic mass is 16.5. The lowest BCUT2D eigenvalue weighted by molar-refractivity contribution is -0.148. The fourth-order valence-electron chi connectivity index (χ4n) is 1.37. The molecule has 0 aliphatic heterocycles. The summed E-state index contributed by atoms with van der Waals surface area (Å²) in [5.74, 6) is 2.49. The minimum absolute atomic E-state index is 0.00306. The van der Waals surface area contributed by atoms with Crippen LogP contribution in [0.25, 0.3) is 0 Å². The van der Waals surface area contributed by atoms with E-state index in [1.54, 1.807) is 0 Å². The third kappa shape index (κ3) is 4.91. The van der Waals surface area contributed by atoms with E-state index in [0.29, 0.717) is 5.92 Å². The fourth-order valence-corrected chi connectivity index (χ4v) is 1.37. The minimum Gasteiger partial charge on any atom is -0.452 e. The molecule has 0 radical (unpaired) electrons. The maximum atomic E-state index is 11.5. The van der Waals surface area contributed by atoms with E-state index in [9.17, 15) is 4.79 Å². The number of esters is 1. The number of carbonyl (C=O) groups is 1. The Kier molecular flexibility index (Phi) is 6.92. The molecule has 0 aromatic carbocycles. The molecular formula is C12H20O2. The third-order valence-corrected chi connectivity index (χ3v) is 2.27. The number of hydrogen-bond donors (Lipinski definition) is 0. The largest absolute Gasteiger partial charge is 0.452 e. The van der Waals surface area contributed by atoms with Crippen molar-refractivity contribution >= 4 is 5.97 Å². The van der Waals surface area contributed by atoms with Crippen molar-refractivity contribution in [2.24, 2.45) is 11.8 Å². The van der Waals surface area contributed by atoms with Gasteiger partial charge in [0, 0.05) is 0 Å². The molecule has 0 fully saturated rings. The zero-order chi connectivity index (χ0) is 11.0. The summed E-state index contributed by atoms with van der Waals surface area (Å²) in [6, 6.07) is 0. The van der Waals surface area contributed by atoms with Crippen LogP contribution in [0.3, 0.4) is 0 Å². The normalized spacial score (nSPS) is 12.2. The van der Waals surface area contributed by atoms with Crippen LogP contribution < -0.4 is 0 Å². The van der Waals surface area contributed by atoms with Crippen molar-refractivity contribution in [3.8, 4) is 12.3 Å². The van der Waals surface area contributed by atoms with Crippen LogP contribution in [0, 0.1) is 24.2 Å². The maximum Gasteiger partial charge on any atom is 0.310 e. The fraction of sp³-hybridized carbons (Fsp3) is 0.750. The van der Waals surface area contributed by atoms with E-state index in [1.165, 1.54) is 0 Å². The highest BCUT2D eigenvalue weighted by Crippen LogP contribution is 2.19. The second-order valence-corrected chi connectivity index (χ2v) is 3.80. The van der Waals surface area contributed by atoms with Crippen LogP contribution >= 0.6 is 0 Å². The van der Waals surface area contributed by atoms with Gasteiger partial charge in [0.1, 0.15) is 0 Å². The molecule has 0 aliphatic rings. The molecule has 14 heavy (non-hydrogen) atoms. The van der Waals surface area contributed by atoms with Crippen LogP contribution in [-0.2, 0) is 9.53 Å². The highest BCUT2D eigenvalue weighted by Gasteiger charge is 2.22. The molecule has 1 atom stereocenters. The number of hydrogen-bond acceptors (Lipinski definition) is 2. The van der Waals surface area contributed by atoms with E-state index < -0.39 is 0 Å². The first-order chi connectivity index (χ1) is 6.63. The predicted molar refractivity (Wildman–Crippen MR) is 57.6 cm³/mol. The molecule has 0 saturated carbocycles. The lowest BCUT2D eigenvalue weighted by atomic mass is 9.91. The zero-order valence-corrected chi connectivity index (χ0v) is 9.38. The van der Waals surface area contributed by atoms with Gasteiger partial charge >= 0.3 is 5.97 Å². The van der Waals surface area contributed by atoms with Gasteiger partial charge in [-0.25, -0.2) is 0 Å². The van der Waals surface area contributed by atoms with Crippen LogP contribution in [-0.4, -0.2) is 12.6 Å². The Hall–Kier alpha value is -0.970. The lowest BCUT2D eigenvalue weighted by Gasteiger charge is -2.18. The molecule has 80 valence electrons. The Bertz CT molecular complexity index is 201.